The molecule has 0 unspecified atom stereocenters. The number of hydrogen-bond acceptors (Lipinski definition) is 4. The molecule has 2 rings (SSSR count). The lowest BCUT2D eigenvalue weighted by molar-refractivity contribution is 0.580. The molecule has 0 aliphatic carbocycles. The molecule has 4 N–H and O–H groups in total. The number of nitrogens with two attached hydrogens (primary N) is 1. The molecule has 0 amide bonds. The molecule has 6 nitrogen and oxygen atoms in total. The summed E-state index contributed by atoms with van der Waals surface area (Å²) in [4.78, 5) is 0.140. The first-order valence-electron chi connectivity index (χ1n) is 6.42. The van der Waals surface area contributed by atoms with E-state index in [0.717, 1.165) is 5.56 Å². The molecule has 0 fully saturated rings. The van der Waals surface area contributed by atoms with Crippen molar-refractivity contribution in [3.8, 4) is 0 Å². The second-order valence-electron chi connectivity index (χ2n) is 4.60. The van der Waals surface area contributed by atoms with Crippen molar-refractivity contribution in [3.05, 3.63) is 46.2 Å². The molecule has 2 aromatic rings. The van der Waals surface area contributed by atoms with Gasteiger partial charge in [-0.25, -0.2) is 13.1 Å². The summed E-state index contributed by atoms with van der Waals surface area (Å²) in [5, 5.41) is 7.19. The Kier molecular flexibility index (Phi) is 5.00. The quantitative estimate of drug-likeness (QED) is 0.745. The van der Waals surface area contributed by atoms with Gasteiger partial charge in [-0.15, -0.1) is 0 Å². The van der Waals surface area contributed by atoms with Gasteiger partial charge in [-0.3, -0.25) is 5.10 Å². The van der Waals surface area contributed by atoms with E-state index < -0.39 is 10.0 Å². The predicted molar refractivity (Wildman–Crippen MR) is 81.6 cm³/mol. The highest BCUT2D eigenvalue weighted by Gasteiger charge is 2.22. The van der Waals surface area contributed by atoms with Crippen LogP contribution in [-0.2, 0) is 23.0 Å². The number of hydrogen-bond donors (Lipinski definition) is 3. The Hall–Kier alpha value is -1.41. The van der Waals surface area contributed by atoms with E-state index >= 15 is 0 Å². The summed E-state index contributed by atoms with van der Waals surface area (Å²) in [5.74, 6) is 0. The average Bonchev–Trinajstić information content (AvgIpc) is 2.83. The zero-order valence-corrected chi connectivity index (χ0v) is 13.1. The van der Waals surface area contributed by atoms with E-state index in [2.05, 4.69) is 14.9 Å². The zero-order chi connectivity index (χ0) is 15.5. The van der Waals surface area contributed by atoms with Crippen molar-refractivity contribution < 1.29 is 8.42 Å². The van der Waals surface area contributed by atoms with Crippen molar-refractivity contribution in [2.45, 2.75) is 24.8 Å². The summed E-state index contributed by atoms with van der Waals surface area (Å²) in [6, 6.07) is 7.28. The Balaban J connectivity index is 2.04. The van der Waals surface area contributed by atoms with Crippen molar-refractivity contribution in [1.29, 1.82) is 0 Å². The van der Waals surface area contributed by atoms with E-state index in [9.17, 15) is 8.42 Å². The van der Waals surface area contributed by atoms with Gasteiger partial charge in [0.1, 0.15) is 4.90 Å². The van der Waals surface area contributed by atoms with Crippen LogP contribution in [0.25, 0.3) is 0 Å². The Bertz CT molecular complexity index is 710. The first-order chi connectivity index (χ1) is 9.94. The minimum absolute atomic E-state index is 0.0672. The number of aromatic nitrogens is 2. The summed E-state index contributed by atoms with van der Waals surface area (Å²) in [6.07, 6.45) is 0.575. The topological polar surface area (TPSA) is 101 Å². The van der Waals surface area contributed by atoms with Crippen LogP contribution in [0.4, 0.5) is 0 Å². The number of aryl methyl sites for hydroxylation is 1. The van der Waals surface area contributed by atoms with E-state index in [0.29, 0.717) is 29.4 Å². The highest BCUT2D eigenvalue weighted by atomic mass is 35.5. The molecule has 114 valence electrons. The van der Waals surface area contributed by atoms with Gasteiger partial charge in [-0.05, 0) is 31.0 Å². The van der Waals surface area contributed by atoms with Crippen LogP contribution in [0.3, 0.4) is 0 Å². The van der Waals surface area contributed by atoms with Crippen LogP contribution in [0.2, 0.25) is 5.02 Å². The lowest BCUT2D eigenvalue weighted by atomic mass is 10.2. The Morgan fingerprint density at radius 3 is 2.62 bits per heavy atom. The minimum Gasteiger partial charge on any atom is -0.325 e. The molecule has 0 saturated heterocycles. The van der Waals surface area contributed by atoms with Crippen LogP contribution >= 0.6 is 11.6 Å². The second-order valence-corrected chi connectivity index (χ2v) is 6.74. The van der Waals surface area contributed by atoms with Crippen LogP contribution in [0.1, 0.15) is 17.0 Å². The van der Waals surface area contributed by atoms with E-state index in [4.69, 9.17) is 17.3 Å². The van der Waals surface area contributed by atoms with Crippen LogP contribution in [0, 0.1) is 6.92 Å². The second kappa shape index (κ2) is 6.57. The molecule has 8 heteroatoms. The SMILES string of the molecule is Cc1[nH]nc(CN)c1S(=O)(=O)NCCc1ccc(Cl)cc1. The van der Waals surface area contributed by atoms with Crippen molar-refractivity contribution in [3.63, 3.8) is 0 Å². The van der Waals surface area contributed by atoms with E-state index in [1.807, 2.05) is 12.1 Å². The molecule has 21 heavy (non-hydrogen) atoms. The number of sulfonamides is 1. The standard InChI is InChI=1S/C13H17ClN4O2S/c1-9-13(12(8-15)18-17-9)21(19,20)16-7-6-10-2-4-11(14)5-3-10/h2-5,16H,6-8,15H2,1H3,(H,17,18). The molecule has 0 spiro atoms. The smallest absolute Gasteiger partial charge is 0.244 e. The lowest BCUT2D eigenvalue weighted by Gasteiger charge is -2.07. The van der Waals surface area contributed by atoms with E-state index in [1.165, 1.54) is 0 Å². The van der Waals surface area contributed by atoms with Crippen molar-refractivity contribution in [2.75, 3.05) is 6.54 Å². The summed E-state index contributed by atoms with van der Waals surface area (Å²) >= 11 is 5.80. The fourth-order valence-corrected chi connectivity index (χ4v) is 3.55. The number of benzene rings is 1. The molecule has 0 saturated carbocycles. The maximum Gasteiger partial charge on any atom is 0.244 e. The number of aromatic amines is 1. The molecular formula is C13H17ClN4O2S. The Morgan fingerprint density at radius 1 is 1.33 bits per heavy atom. The van der Waals surface area contributed by atoms with Gasteiger partial charge in [-0.1, -0.05) is 23.7 Å². The first-order valence-corrected chi connectivity index (χ1v) is 8.28. The minimum atomic E-state index is -3.62. The zero-order valence-electron chi connectivity index (χ0n) is 11.6. The van der Waals surface area contributed by atoms with E-state index in [1.54, 1.807) is 19.1 Å². The third kappa shape index (κ3) is 3.82. The van der Waals surface area contributed by atoms with Crippen molar-refractivity contribution in [1.82, 2.24) is 14.9 Å². The maximum absolute atomic E-state index is 12.3. The maximum atomic E-state index is 12.3. The molecule has 1 aromatic heterocycles. The fraction of sp³-hybridized carbons (Fsp3) is 0.308. The first kappa shape index (κ1) is 16.0. The largest absolute Gasteiger partial charge is 0.325 e. The van der Waals surface area contributed by atoms with Crippen LogP contribution in [0.15, 0.2) is 29.2 Å². The molecule has 0 aliphatic rings. The number of nitrogens with one attached hydrogen (secondary N) is 2. The number of rotatable bonds is 6. The Morgan fingerprint density at radius 2 is 2.00 bits per heavy atom. The van der Waals surface area contributed by atoms with Crippen molar-refractivity contribution >= 4 is 21.6 Å². The third-order valence-electron chi connectivity index (χ3n) is 3.04. The third-order valence-corrected chi connectivity index (χ3v) is 4.96. The number of halogens is 1. The molecule has 0 atom stereocenters. The van der Waals surface area contributed by atoms with Crippen LogP contribution < -0.4 is 10.5 Å². The summed E-state index contributed by atoms with van der Waals surface area (Å²) in [7, 11) is -3.62. The van der Waals surface area contributed by atoms with Gasteiger partial charge in [0, 0.05) is 18.1 Å². The van der Waals surface area contributed by atoms with Crippen LogP contribution in [0.5, 0.6) is 0 Å². The molecule has 0 aliphatic heterocycles. The van der Waals surface area contributed by atoms with Crippen LogP contribution in [-0.4, -0.2) is 25.2 Å². The Labute approximate surface area is 128 Å². The van der Waals surface area contributed by atoms with Gasteiger partial charge in [0.15, 0.2) is 0 Å². The van der Waals surface area contributed by atoms with Crippen molar-refractivity contribution in [2.24, 2.45) is 5.73 Å². The number of H-pyrrole nitrogens is 1. The molecular weight excluding hydrogens is 312 g/mol. The monoisotopic (exact) mass is 328 g/mol. The van der Waals surface area contributed by atoms with Gasteiger partial charge in [0.05, 0.1) is 11.4 Å². The van der Waals surface area contributed by atoms with Gasteiger partial charge in [0.2, 0.25) is 10.0 Å². The molecule has 1 aromatic carbocycles. The van der Waals surface area contributed by atoms with Gasteiger partial charge in [0.25, 0.3) is 0 Å². The molecule has 0 radical (unpaired) electrons. The summed E-state index contributed by atoms with van der Waals surface area (Å²) < 4.78 is 27.1. The normalized spacial score (nSPS) is 11.8. The van der Waals surface area contributed by atoms with E-state index in [-0.39, 0.29) is 11.4 Å². The predicted octanol–water partition coefficient (Wildman–Crippen LogP) is 1.35. The molecule has 1 heterocycles. The average molecular weight is 329 g/mol. The van der Waals surface area contributed by atoms with Gasteiger partial charge < -0.3 is 5.73 Å². The van der Waals surface area contributed by atoms with Gasteiger partial charge in [-0.2, -0.15) is 5.10 Å². The van der Waals surface area contributed by atoms with Gasteiger partial charge >= 0.3 is 0 Å². The highest BCUT2D eigenvalue weighted by Crippen LogP contribution is 2.17. The number of nitrogens with zero attached hydrogens (tertiary/aromatic N) is 1. The summed E-state index contributed by atoms with van der Waals surface area (Å²) in [6.45, 7) is 2.01. The summed E-state index contributed by atoms with van der Waals surface area (Å²) in [5.41, 5.74) is 7.33. The lowest BCUT2D eigenvalue weighted by Crippen LogP contribution is -2.27. The fourth-order valence-electron chi connectivity index (χ4n) is 2.02. The molecule has 0 bridgehead atoms. The highest BCUT2D eigenvalue weighted by molar-refractivity contribution is 7.89.